The van der Waals surface area contributed by atoms with Gasteiger partial charge < -0.3 is 10.1 Å². The lowest BCUT2D eigenvalue weighted by Gasteiger charge is -2.24. The Morgan fingerprint density at radius 2 is 2.06 bits per heavy atom. The van der Waals surface area contributed by atoms with Crippen LogP contribution in [0, 0.1) is 5.92 Å². The zero-order valence-corrected chi connectivity index (χ0v) is 10.8. The van der Waals surface area contributed by atoms with Crippen molar-refractivity contribution in [1.29, 1.82) is 0 Å². The fourth-order valence-corrected chi connectivity index (χ4v) is 2.16. The normalized spacial score (nSPS) is 19.6. The third-order valence-corrected chi connectivity index (χ3v) is 3.83. The summed E-state index contributed by atoms with van der Waals surface area (Å²) in [5, 5.41) is 3.42. The molecular weight excluding hydrogens is 226 g/mol. The summed E-state index contributed by atoms with van der Waals surface area (Å²) in [6, 6.07) is 0.713. The van der Waals surface area contributed by atoms with Gasteiger partial charge in [-0.15, -0.1) is 0 Å². The molecule has 0 aromatic carbocycles. The number of rotatable bonds is 7. The van der Waals surface area contributed by atoms with E-state index in [9.17, 15) is 0 Å². The molecule has 0 bridgehead atoms. The topological polar surface area (TPSA) is 47.0 Å². The average molecular weight is 247 g/mol. The van der Waals surface area contributed by atoms with Gasteiger partial charge in [0, 0.05) is 12.6 Å². The molecule has 1 aromatic rings. The van der Waals surface area contributed by atoms with Gasteiger partial charge in [0.2, 0.25) is 5.88 Å². The van der Waals surface area contributed by atoms with Crippen LogP contribution in [0.15, 0.2) is 12.4 Å². The predicted molar refractivity (Wildman–Crippen MR) is 69.3 cm³/mol. The van der Waals surface area contributed by atoms with E-state index in [0.29, 0.717) is 11.9 Å². The van der Waals surface area contributed by atoms with E-state index in [1.165, 1.54) is 32.1 Å². The van der Waals surface area contributed by atoms with Crippen molar-refractivity contribution in [2.45, 2.75) is 51.1 Å². The van der Waals surface area contributed by atoms with Crippen molar-refractivity contribution < 1.29 is 4.74 Å². The van der Waals surface area contributed by atoms with Crippen molar-refractivity contribution in [2.75, 3.05) is 6.61 Å². The number of hydrogen-bond donors (Lipinski definition) is 1. The maximum atomic E-state index is 5.61. The van der Waals surface area contributed by atoms with Crippen molar-refractivity contribution in [3.8, 4) is 5.88 Å². The van der Waals surface area contributed by atoms with Crippen LogP contribution in [0.4, 0.5) is 0 Å². The first-order valence-electron chi connectivity index (χ1n) is 7.07. The first kappa shape index (κ1) is 11.9. The Kier molecular flexibility index (Phi) is 3.74. The quantitative estimate of drug-likeness (QED) is 0.803. The van der Waals surface area contributed by atoms with Crippen LogP contribution in [0.1, 0.15) is 44.2 Å². The van der Waals surface area contributed by atoms with Gasteiger partial charge in [-0.2, -0.15) is 0 Å². The van der Waals surface area contributed by atoms with Crippen molar-refractivity contribution in [1.82, 2.24) is 15.3 Å². The van der Waals surface area contributed by atoms with Crippen molar-refractivity contribution in [3.05, 3.63) is 18.1 Å². The Bertz CT molecular complexity index is 371. The minimum absolute atomic E-state index is 0.657. The molecule has 18 heavy (non-hydrogen) atoms. The van der Waals surface area contributed by atoms with E-state index in [0.717, 1.165) is 31.2 Å². The Hall–Kier alpha value is -1.16. The molecule has 0 saturated heterocycles. The summed E-state index contributed by atoms with van der Waals surface area (Å²) in [6.45, 7) is 1.60. The predicted octanol–water partition coefficient (Wildman–Crippen LogP) is 2.30. The Morgan fingerprint density at radius 3 is 2.67 bits per heavy atom. The van der Waals surface area contributed by atoms with Crippen LogP contribution in [0.5, 0.6) is 5.88 Å². The molecule has 0 amide bonds. The molecule has 0 spiro atoms. The summed E-state index contributed by atoms with van der Waals surface area (Å²) in [6.07, 6.45) is 11.5. The van der Waals surface area contributed by atoms with Gasteiger partial charge in [-0.1, -0.05) is 19.3 Å². The van der Waals surface area contributed by atoms with Crippen LogP contribution in [0.2, 0.25) is 0 Å². The van der Waals surface area contributed by atoms with Gasteiger partial charge in [0.15, 0.2) is 0 Å². The highest BCUT2D eigenvalue weighted by atomic mass is 16.5. The molecule has 4 nitrogen and oxygen atoms in total. The summed E-state index contributed by atoms with van der Waals surface area (Å²) in [5.74, 6) is 1.55. The second-order valence-electron chi connectivity index (χ2n) is 5.44. The average Bonchev–Trinajstić information content (AvgIpc) is 3.15. The third kappa shape index (κ3) is 3.42. The lowest BCUT2D eigenvalue weighted by molar-refractivity contribution is 0.216. The van der Waals surface area contributed by atoms with E-state index < -0.39 is 0 Å². The first-order chi connectivity index (χ1) is 8.90. The summed E-state index contributed by atoms with van der Waals surface area (Å²) < 4.78 is 5.61. The SMILES string of the molecule is c1nc(OCCC2CCC2)cnc1CNC1CC1. The molecule has 2 saturated carbocycles. The van der Waals surface area contributed by atoms with Gasteiger partial charge in [0.25, 0.3) is 0 Å². The van der Waals surface area contributed by atoms with Crippen molar-refractivity contribution in [3.63, 3.8) is 0 Å². The molecular formula is C14H21N3O. The molecule has 4 heteroatoms. The summed E-state index contributed by atoms with van der Waals surface area (Å²) >= 11 is 0. The first-order valence-corrected chi connectivity index (χ1v) is 7.07. The molecule has 1 aromatic heterocycles. The molecule has 3 rings (SSSR count). The van der Waals surface area contributed by atoms with E-state index in [4.69, 9.17) is 4.74 Å². The number of nitrogens with zero attached hydrogens (tertiary/aromatic N) is 2. The number of ether oxygens (including phenoxy) is 1. The molecule has 0 unspecified atom stereocenters. The van der Waals surface area contributed by atoms with E-state index in [-0.39, 0.29) is 0 Å². The van der Waals surface area contributed by atoms with Crippen LogP contribution < -0.4 is 10.1 Å². The smallest absolute Gasteiger partial charge is 0.232 e. The lowest BCUT2D eigenvalue weighted by Crippen LogP contribution is -2.17. The molecule has 0 atom stereocenters. The second kappa shape index (κ2) is 5.65. The highest BCUT2D eigenvalue weighted by Gasteiger charge is 2.20. The zero-order chi connectivity index (χ0) is 12.2. The molecule has 2 aliphatic rings. The number of nitrogens with one attached hydrogen (secondary N) is 1. The van der Waals surface area contributed by atoms with E-state index in [1.54, 1.807) is 6.20 Å². The van der Waals surface area contributed by atoms with Gasteiger partial charge in [0.1, 0.15) is 0 Å². The number of hydrogen-bond acceptors (Lipinski definition) is 4. The molecule has 2 fully saturated rings. The largest absolute Gasteiger partial charge is 0.477 e. The Balaban J connectivity index is 1.38. The molecule has 98 valence electrons. The molecule has 1 N–H and O–H groups in total. The van der Waals surface area contributed by atoms with Crippen molar-refractivity contribution in [2.24, 2.45) is 5.92 Å². The van der Waals surface area contributed by atoms with Gasteiger partial charge in [0.05, 0.1) is 24.7 Å². The zero-order valence-electron chi connectivity index (χ0n) is 10.8. The molecule has 1 heterocycles. The van der Waals surface area contributed by atoms with Crippen LogP contribution in [-0.2, 0) is 6.54 Å². The maximum Gasteiger partial charge on any atom is 0.232 e. The molecule has 2 aliphatic carbocycles. The van der Waals surface area contributed by atoms with Crippen LogP contribution in [0.3, 0.4) is 0 Å². The van der Waals surface area contributed by atoms with E-state index in [1.807, 2.05) is 6.20 Å². The second-order valence-corrected chi connectivity index (χ2v) is 5.44. The summed E-state index contributed by atoms with van der Waals surface area (Å²) in [4.78, 5) is 8.65. The van der Waals surface area contributed by atoms with E-state index in [2.05, 4.69) is 15.3 Å². The highest BCUT2D eigenvalue weighted by molar-refractivity contribution is 5.07. The Labute approximate surface area is 108 Å². The highest BCUT2D eigenvalue weighted by Crippen LogP contribution is 2.29. The fourth-order valence-electron chi connectivity index (χ4n) is 2.16. The van der Waals surface area contributed by atoms with Gasteiger partial charge in [-0.3, -0.25) is 4.98 Å². The van der Waals surface area contributed by atoms with E-state index >= 15 is 0 Å². The number of aromatic nitrogens is 2. The van der Waals surface area contributed by atoms with Crippen LogP contribution in [0.25, 0.3) is 0 Å². The van der Waals surface area contributed by atoms with Crippen molar-refractivity contribution >= 4 is 0 Å². The fraction of sp³-hybridized carbons (Fsp3) is 0.714. The Morgan fingerprint density at radius 1 is 1.17 bits per heavy atom. The maximum absolute atomic E-state index is 5.61. The molecule has 0 aliphatic heterocycles. The summed E-state index contributed by atoms with van der Waals surface area (Å²) in [7, 11) is 0. The molecule has 0 radical (unpaired) electrons. The minimum atomic E-state index is 0.657. The van der Waals surface area contributed by atoms with Crippen LogP contribution >= 0.6 is 0 Å². The third-order valence-electron chi connectivity index (χ3n) is 3.83. The monoisotopic (exact) mass is 247 g/mol. The van der Waals surface area contributed by atoms with Crippen LogP contribution in [-0.4, -0.2) is 22.6 Å². The van der Waals surface area contributed by atoms with Gasteiger partial charge >= 0.3 is 0 Å². The van der Waals surface area contributed by atoms with Gasteiger partial charge in [-0.05, 0) is 25.2 Å². The standard InChI is InChI=1S/C14H21N3O/c1-2-11(3-1)6-7-18-14-10-16-13(9-17-14)8-15-12-4-5-12/h9-12,15H,1-8H2. The minimum Gasteiger partial charge on any atom is -0.477 e. The lowest BCUT2D eigenvalue weighted by atomic mass is 9.83. The summed E-state index contributed by atoms with van der Waals surface area (Å²) in [5.41, 5.74) is 0.994. The van der Waals surface area contributed by atoms with Gasteiger partial charge in [-0.25, -0.2) is 4.98 Å².